The van der Waals surface area contributed by atoms with Crippen LogP contribution in [0.4, 0.5) is 24.8 Å². The van der Waals surface area contributed by atoms with Gasteiger partial charge >= 0.3 is 6.18 Å². The second kappa shape index (κ2) is 12.3. The van der Waals surface area contributed by atoms with Gasteiger partial charge in [-0.05, 0) is 70.6 Å². The maximum Gasteiger partial charge on any atom is 0.423 e. The molecule has 218 valence electrons. The van der Waals surface area contributed by atoms with E-state index < -0.39 is 17.6 Å². The third-order valence-corrected chi connectivity index (χ3v) is 7.00. The summed E-state index contributed by atoms with van der Waals surface area (Å²) >= 11 is 6.44. The predicted molar refractivity (Wildman–Crippen MR) is 148 cm³/mol. The first-order chi connectivity index (χ1) is 19.4. The van der Waals surface area contributed by atoms with Crippen molar-refractivity contribution in [3.05, 3.63) is 63.8 Å². The number of halogens is 4. The zero-order valence-corrected chi connectivity index (χ0v) is 23.6. The van der Waals surface area contributed by atoms with Crippen LogP contribution in [0.1, 0.15) is 51.6 Å². The van der Waals surface area contributed by atoms with Crippen LogP contribution in [0.15, 0.2) is 36.5 Å². The number of hydrogen-bond acceptors (Lipinski definition) is 8. The molecule has 0 aliphatic carbocycles. The van der Waals surface area contributed by atoms with E-state index in [-0.39, 0.29) is 57.0 Å². The molecule has 0 saturated carbocycles. The number of piperidine rings is 1. The monoisotopic (exact) mass is 591 g/mol. The molecule has 1 fully saturated rings. The van der Waals surface area contributed by atoms with Gasteiger partial charge in [0.2, 0.25) is 11.8 Å². The molecule has 13 heteroatoms. The fourth-order valence-electron chi connectivity index (χ4n) is 4.51. The zero-order chi connectivity index (χ0) is 29.9. The number of carbonyl (C=O) groups excluding carboxylic acids is 2. The second-order valence-electron chi connectivity index (χ2n) is 9.72. The van der Waals surface area contributed by atoms with Crippen LogP contribution in [-0.2, 0) is 6.18 Å². The first-order valence-corrected chi connectivity index (χ1v) is 13.1. The van der Waals surface area contributed by atoms with Gasteiger partial charge in [-0.15, -0.1) is 0 Å². The Labute approximate surface area is 240 Å². The van der Waals surface area contributed by atoms with Gasteiger partial charge in [0, 0.05) is 12.2 Å². The van der Waals surface area contributed by atoms with Gasteiger partial charge in [0.15, 0.2) is 5.78 Å². The maximum atomic E-state index is 13.8. The maximum absolute atomic E-state index is 13.8. The van der Waals surface area contributed by atoms with E-state index >= 15 is 0 Å². The summed E-state index contributed by atoms with van der Waals surface area (Å²) < 4.78 is 52.4. The lowest BCUT2D eigenvalue weighted by molar-refractivity contribution is -0.139. The highest BCUT2D eigenvalue weighted by Crippen LogP contribution is 2.39. The van der Waals surface area contributed by atoms with Crippen LogP contribution in [0.5, 0.6) is 17.4 Å². The van der Waals surface area contributed by atoms with Crippen LogP contribution in [0.2, 0.25) is 5.02 Å². The number of Topliss-reactive ketones (excluding diaryl/α,β-unsaturated/α-hetero) is 1. The number of benzene rings is 2. The molecular formula is C28H29ClF3N5O4. The summed E-state index contributed by atoms with van der Waals surface area (Å²) in [4.78, 5) is 35.0. The molecule has 3 aromatic rings. The van der Waals surface area contributed by atoms with E-state index in [9.17, 15) is 22.8 Å². The minimum atomic E-state index is -4.84. The van der Waals surface area contributed by atoms with Gasteiger partial charge in [0.05, 0.1) is 28.9 Å². The molecule has 1 saturated heterocycles. The van der Waals surface area contributed by atoms with Crippen molar-refractivity contribution in [3.8, 4) is 17.4 Å². The van der Waals surface area contributed by atoms with Crippen molar-refractivity contribution in [2.45, 2.75) is 38.9 Å². The summed E-state index contributed by atoms with van der Waals surface area (Å²) in [5.41, 5.74) is -0.169. The third kappa shape index (κ3) is 7.06. The molecule has 2 N–H and O–H groups in total. The minimum absolute atomic E-state index is 0.00875. The highest BCUT2D eigenvalue weighted by Gasteiger charge is 2.37. The molecule has 0 radical (unpaired) electrons. The van der Waals surface area contributed by atoms with Crippen molar-refractivity contribution in [1.29, 1.82) is 0 Å². The topological polar surface area (TPSA) is 106 Å². The van der Waals surface area contributed by atoms with E-state index in [2.05, 4.69) is 25.5 Å². The van der Waals surface area contributed by atoms with Crippen molar-refractivity contribution in [2.75, 3.05) is 32.6 Å². The van der Waals surface area contributed by atoms with Crippen LogP contribution in [0.25, 0.3) is 0 Å². The number of alkyl halides is 3. The van der Waals surface area contributed by atoms with Crippen LogP contribution >= 0.6 is 11.6 Å². The van der Waals surface area contributed by atoms with E-state index in [0.717, 1.165) is 25.9 Å². The molecule has 2 heterocycles. The molecular weight excluding hydrogens is 563 g/mol. The highest BCUT2D eigenvalue weighted by atomic mass is 35.5. The number of nitrogens with one attached hydrogen (secondary N) is 2. The van der Waals surface area contributed by atoms with E-state index in [4.69, 9.17) is 21.1 Å². The summed E-state index contributed by atoms with van der Waals surface area (Å²) in [6.07, 6.45) is -2.64. The Kier molecular flexibility index (Phi) is 9.03. The molecule has 1 aliphatic heterocycles. The van der Waals surface area contributed by atoms with Crippen molar-refractivity contribution in [3.63, 3.8) is 0 Å². The van der Waals surface area contributed by atoms with Crippen molar-refractivity contribution < 1.29 is 32.2 Å². The van der Waals surface area contributed by atoms with E-state index in [1.165, 1.54) is 32.2 Å². The predicted octanol–water partition coefficient (Wildman–Crippen LogP) is 6.03. The quantitative estimate of drug-likeness (QED) is 0.306. The molecule has 0 atom stereocenters. The van der Waals surface area contributed by atoms with Crippen molar-refractivity contribution in [1.82, 2.24) is 20.2 Å². The number of aryl methyl sites for hydroxylation is 1. The minimum Gasteiger partial charge on any atom is -0.495 e. The third-order valence-electron chi connectivity index (χ3n) is 6.69. The number of hydrogen-bond donors (Lipinski definition) is 2. The number of likely N-dealkylation sites (tertiary alicyclic amines) is 1. The van der Waals surface area contributed by atoms with Crippen molar-refractivity contribution >= 4 is 34.9 Å². The van der Waals surface area contributed by atoms with Gasteiger partial charge in [-0.25, -0.2) is 4.98 Å². The number of anilines is 2. The molecule has 2 aromatic carbocycles. The van der Waals surface area contributed by atoms with Gasteiger partial charge < -0.3 is 25.0 Å². The van der Waals surface area contributed by atoms with Gasteiger partial charge in [-0.2, -0.15) is 18.2 Å². The lowest BCUT2D eigenvalue weighted by Gasteiger charge is -2.29. The number of aromatic nitrogens is 2. The summed E-state index contributed by atoms with van der Waals surface area (Å²) in [5, 5.41) is 5.86. The number of carbonyl (C=O) groups is 2. The zero-order valence-electron chi connectivity index (χ0n) is 22.9. The number of methoxy groups -OCH3 is 1. The van der Waals surface area contributed by atoms with Gasteiger partial charge in [-0.1, -0.05) is 23.7 Å². The molecule has 4 rings (SSSR count). The highest BCUT2D eigenvalue weighted by molar-refractivity contribution is 6.34. The molecule has 0 spiro atoms. The van der Waals surface area contributed by atoms with Crippen LogP contribution < -0.4 is 20.1 Å². The lowest BCUT2D eigenvalue weighted by Crippen LogP contribution is -2.43. The second-order valence-corrected chi connectivity index (χ2v) is 10.1. The summed E-state index contributed by atoms with van der Waals surface area (Å²) in [6, 6.07) is 7.44. The fraction of sp³-hybridized carbons (Fsp3) is 0.357. The first-order valence-electron chi connectivity index (χ1n) is 12.7. The Hall–Kier alpha value is -3.90. The largest absolute Gasteiger partial charge is 0.495 e. The first kappa shape index (κ1) is 30.1. The summed E-state index contributed by atoms with van der Waals surface area (Å²) in [5.74, 6) is -1.70. The normalized spacial score (nSPS) is 14.4. The Bertz CT molecular complexity index is 1460. The van der Waals surface area contributed by atoms with Gasteiger partial charge in [0.1, 0.15) is 17.1 Å². The summed E-state index contributed by atoms with van der Waals surface area (Å²) in [7, 11) is 3.39. The number of amides is 1. The lowest BCUT2D eigenvalue weighted by atomic mass is 10.0. The Balaban J connectivity index is 1.63. The molecule has 0 unspecified atom stereocenters. The fourth-order valence-corrected chi connectivity index (χ4v) is 4.76. The van der Waals surface area contributed by atoms with Crippen LogP contribution in [-0.4, -0.2) is 59.8 Å². The molecule has 41 heavy (non-hydrogen) atoms. The summed E-state index contributed by atoms with van der Waals surface area (Å²) in [6.45, 7) is 4.67. The average molecular weight is 592 g/mol. The Morgan fingerprint density at radius 2 is 1.85 bits per heavy atom. The SMILES string of the molecule is COc1cc(C(=O)NC2CCN(C)CC2)c(Cl)cc1Nc1ncc(C(F)(F)F)c(Oc2cccc(C)c2C(C)=O)n1. The number of ketones is 1. The molecule has 1 aromatic heterocycles. The Morgan fingerprint density at radius 3 is 2.49 bits per heavy atom. The standard InChI is InChI=1S/C28H29ClF3N5O4/c1-15-6-5-7-22(24(15)16(2)38)41-26-19(28(30,31)32)14-33-27(36-26)35-21-13-20(29)18(12-23(21)40-4)25(39)34-17-8-10-37(3)11-9-17/h5-7,12-14,17H,8-11H2,1-4H3,(H,34,39)(H,33,35,36). The molecule has 9 nitrogen and oxygen atoms in total. The van der Waals surface area contributed by atoms with Crippen molar-refractivity contribution in [2.24, 2.45) is 0 Å². The van der Waals surface area contributed by atoms with Gasteiger partial charge in [-0.3, -0.25) is 9.59 Å². The number of ether oxygens (including phenoxy) is 2. The van der Waals surface area contributed by atoms with E-state index in [1.54, 1.807) is 19.1 Å². The smallest absolute Gasteiger partial charge is 0.423 e. The number of rotatable bonds is 8. The van der Waals surface area contributed by atoms with E-state index in [1.807, 2.05) is 7.05 Å². The molecule has 1 amide bonds. The Morgan fingerprint density at radius 1 is 1.15 bits per heavy atom. The number of nitrogens with zero attached hydrogens (tertiary/aromatic N) is 3. The van der Waals surface area contributed by atoms with Crippen LogP contribution in [0.3, 0.4) is 0 Å². The average Bonchev–Trinajstić information content (AvgIpc) is 2.89. The molecule has 0 bridgehead atoms. The van der Waals surface area contributed by atoms with Gasteiger partial charge in [0.25, 0.3) is 5.91 Å². The van der Waals surface area contributed by atoms with Crippen LogP contribution in [0, 0.1) is 6.92 Å². The van der Waals surface area contributed by atoms with E-state index in [0.29, 0.717) is 11.8 Å². The molecule has 1 aliphatic rings.